The number of aromatic amines is 1. The molecular weight excluding hydrogens is 178 g/mol. The van der Waals surface area contributed by atoms with Crippen LogP contribution in [0, 0.1) is 0 Å². The summed E-state index contributed by atoms with van der Waals surface area (Å²) in [5, 5.41) is 0. The number of nitrogens with zero attached hydrogens (tertiary/aromatic N) is 2. The number of hydrogen-bond donors (Lipinski definition) is 1. The van der Waals surface area contributed by atoms with Gasteiger partial charge in [0.05, 0.1) is 0 Å². The Morgan fingerprint density at radius 1 is 1.36 bits per heavy atom. The second-order valence-electron chi connectivity index (χ2n) is 2.86. The summed E-state index contributed by atoms with van der Waals surface area (Å²) in [6.07, 6.45) is 6.38. The van der Waals surface area contributed by atoms with Crippen LogP contribution in [0.5, 0.6) is 0 Å². The SMILES string of the molecule is O=CCc1ccc(-c2ncc[nH]2)nc1. The van der Waals surface area contributed by atoms with Crippen molar-refractivity contribution >= 4 is 6.29 Å². The van der Waals surface area contributed by atoms with E-state index < -0.39 is 0 Å². The normalized spacial score (nSPS) is 10.0. The van der Waals surface area contributed by atoms with Crippen LogP contribution in [-0.4, -0.2) is 21.2 Å². The van der Waals surface area contributed by atoms with Gasteiger partial charge < -0.3 is 9.78 Å². The topological polar surface area (TPSA) is 58.6 Å². The van der Waals surface area contributed by atoms with Crippen LogP contribution in [0.2, 0.25) is 0 Å². The summed E-state index contributed by atoms with van der Waals surface area (Å²) in [5.74, 6) is 0.739. The molecule has 0 bridgehead atoms. The Balaban J connectivity index is 2.26. The Labute approximate surface area is 81.0 Å². The molecule has 2 heterocycles. The number of aldehydes is 1. The summed E-state index contributed by atoms with van der Waals surface area (Å²) >= 11 is 0. The lowest BCUT2D eigenvalue weighted by Crippen LogP contribution is -1.90. The van der Waals surface area contributed by atoms with Crippen LogP contribution in [-0.2, 0) is 11.2 Å². The van der Waals surface area contributed by atoms with Crippen molar-refractivity contribution in [3.8, 4) is 11.5 Å². The van der Waals surface area contributed by atoms with Crippen LogP contribution in [0.15, 0.2) is 30.7 Å². The van der Waals surface area contributed by atoms with E-state index in [4.69, 9.17) is 0 Å². The van der Waals surface area contributed by atoms with Gasteiger partial charge in [-0.25, -0.2) is 4.98 Å². The average Bonchev–Trinajstić information content (AvgIpc) is 2.72. The Bertz CT molecular complexity index is 405. The highest BCUT2D eigenvalue weighted by Gasteiger charge is 2.00. The first-order valence-electron chi connectivity index (χ1n) is 4.28. The van der Waals surface area contributed by atoms with E-state index in [1.807, 2.05) is 12.1 Å². The third kappa shape index (κ3) is 1.69. The average molecular weight is 187 g/mol. The van der Waals surface area contributed by atoms with Crippen molar-refractivity contribution in [2.75, 3.05) is 0 Å². The molecule has 0 fully saturated rings. The van der Waals surface area contributed by atoms with E-state index in [-0.39, 0.29) is 0 Å². The zero-order chi connectivity index (χ0) is 9.80. The third-order valence-corrected chi connectivity index (χ3v) is 1.88. The third-order valence-electron chi connectivity index (χ3n) is 1.88. The zero-order valence-corrected chi connectivity index (χ0v) is 7.47. The molecular formula is C10H9N3O. The molecule has 14 heavy (non-hydrogen) atoms. The number of carbonyl (C=O) groups is 1. The molecule has 2 rings (SSSR count). The van der Waals surface area contributed by atoms with Crippen LogP contribution in [0.25, 0.3) is 11.5 Å². The number of carbonyl (C=O) groups excluding carboxylic acids is 1. The maximum atomic E-state index is 10.2. The van der Waals surface area contributed by atoms with E-state index in [9.17, 15) is 4.79 Å². The van der Waals surface area contributed by atoms with Gasteiger partial charge >= 0.3 is 0 Å². The fourth-order valence-electron chi connectivity index (χ4n) is 1.19. The van der Waals surface area contributed by atoms with Gasteiger partial charge in [0.25, 0.3) is 0 Å². The first-order chi connectivity index (χ1) is 6.90. The van der Waals surface area contributed by atoms with Crippen molar-refractivity contribution in [1.29, 1.82) is 0 Å². The highest BCUT2D eigenvalue weighted by atomic mass is 16.1. The van der Waals surface area contributed by atoms with E-state index in [1.165, 1.54) is 0 Å². The predicted molar refractivity (Wildman–Crippen MR) is 51.6 cm³/mol. The van der Waals surface area contributed by atoms with Crippen LogP contribution >= 0.6 is 0 Å². The second-order valence-corrected chi connectivity index (χ2v) is 2.86. The molecule has 0 spiro atoms. The molecule has 70 valence electrons. The second kappa shape index (κ2) is 3.83. The van der Waals surface area contributed by atoms with Crippen LogP contribution in [0.3, 0.4) is 0 Å². The van der Waals surface area contributed by atoms with E-state index in [1.54, 1.807) is 18.6 Å². The largest absolute Gasteiger partial charge is 0.343 e. The van der Waals surface area contributed by atoms with E-state index in [2.05, 4.69) is 15.0 Å². The molecule has 0 amide bonds. The number of hydrogen-bond acceptors (Lipinski definition) is 3. The van der Waals surface area contributed by atoms with Crippen molar-refractivity contribution in [3.05, 3.63) is 36.3 Å². The molecule has 0 saturated heterocycles. The number of H-pyrrole nitrogens is 1. The van der Waals surface area contributed by atoms with E-state index in [0.717, 1.165) is 23.4 Å². The highest BCUT2D eigenvalue weighted by Crippen LogP contribution is 2.11. The summed E-state index contributed by atoms with van der Waals surface area (Å²) in [5.41, 5.74) is 1.69. The zero-order valence-electron chi connectivity index (χ0n) is 7.47. The molecule has 4 heteroatoms. The van der Waals surface area contributed by atoms with Gasteiger partial charge in [-0.3, -0.25) is 4.98 Å². The molecule has 0 aliphatic rings. The van der Waals surface area contributed by atoms with Crippen LogP contribution < -0.4 is 0 Å². The molecule has 0 saturated carbocycles. The molecule has 4 nitrogen and oxygen atoms in total. The van der Waals surface area contributed by atoms with Gasteiger partial charge in [0.2, 0.25) is 0 Å². The Morgan fingerprint density at radius 3 is 2.86 bits per heavy atom. The first kappa shape index (κ1) is 8.62. The summed E-state index contributed by atoms with van der Waals surface area (Å²) < 4.78 is 0. The first-order valence-corrected chi connectivity index (χ1v) is 4.28. The lowest BCUT2D eigenvalue weighted by Gasteiger charge is -1.97. The van der Waals surface area contributed by atoms with Crippen molar-refractivity contribution in [2.24, 2.45) is 0 Å². The minimum Gasteiger partial charge on any atom is -0.343 e. The number of rotatable bonds is 3. The summed E-state index contributed by atoms with van der Waals surface area (Å²) in [6.45, 7) is 0. The Morgan fingerprint density at radius 2 is 2.29 bits per heavy atom. The van der Waals surface area contributed by atoms with Crippen molar-refractivity contribution < 1.29 is 4.79 Å². The van der Waals surface area contributed by atoms with Crippen molar-refractivity contribution in [1.82, 2.24) is 15.0 Å². The number of imidazole rings is 1. The minimum absolute atomic E-state index is 0.408. The lowest BCUT2D eigenvalue weighted by molar-refractivity contribution is -0.107. The van der Waals surface area contributed by atoms with Crippen LogP contribution in [0.1, 0.15) is 5.56 Å². The van der Waals surface area contributed by atoms with Crippen molar-refractivity contribution in [3.63, 3.8) is 0 Å². The quantitative estimate of drug-likeness (QED) is 0.735. The maximum absolute atomic E-state index is 10.2. The van der Waals surface area contributed by atoms with E-state index >= 15 is 0 Å². The molecule has 0 unspecified atom stereocenters. The fourth-order valence-corrected chi connectivity index (χ4v) is 1.19. The number of nitrogens with one attached hydrogen (secondary N) is 1. The molecule has 0 aliphatic carbocycles. The van der Waals surface area contributed by atoms with Gasteiger partial charge in [0.1, 0.15) is 12.0 Å². The molecule has 2 aromatic heterocycles. The van der Waals surface area contributed by atoms with Crippen LogP contribution in [0.4, 0.5) is 0 Å². The molecule has 0 atom stereocenters. The standard InChI is InChI=1S/C10H9N3O/c14-6-3-8-1-2-9(13-7-8)10-11-4-5-12-10/h1-2,4-7H,3H2,(H,11,12). The minimum atomic E-state index is 0.408. The molecule has 0 aliphatic heterocycles. The number of pyridine rings is 1. The molecule has 0 aromatic carbocycles. The van der Waals surface area contributed by atoms with Gasteiger partial charge in [0, 0.05) is 25.0 Å². The van der Waals surface area contributed by atoms with Gasteiger partial charge in [0.15, 0.2) is 5.82 Å². The monoisotopic (exact) mass is 187 g/mol. The Hall–Kier alpha value is -1.97. The highest BCUT2D eigenvalue weighted by molar-refractivity contribution is 5.56. The maximum Gasteiger partial charge on any atom is 0.155 e. The van der Waals surface area contributed by atoms with Gasteiger partial charge in [-0.05, 0) is 11.6 Å². The van der Waals surface area contributed by atoms with Crippen molar-refractivity contribution in [2.45, 2.75) is 6.42 Å². The van der Waals surface area contributed by atoms with E-state index in [0.29, 0.717) is 6.42 Å². The molecule has 0 radical (unpaired) electrons. The fraction of sp³-hybridized carbons (Fsp3) is 0.100. The summed E-state index contributed by atoms with van der Waals surface area (Å²) in [6, 6.07) is 3.72. The number of aromatic nitrogens is 3. The van der Waals surface area contributed by atoms with Gasteiger partial charge in [-0.2, -0.15) is 0 Å². The lowest BCUT2D eigenvalue weighted by atomic mass is 10.2. The molecule has 2 aromatic rings. The summed E-state index contributed by atoms with van der Waals surface area (Å²) in [4.78, 5) is 21.5. The van der Waals surface area contributed by atoms with Gasteiger partial charge in [-0.15, -0.1) is 0 Å². The summed E-state index contributed by atoms with van der Waals surface area (Å²) in [7, 11) is 0. The predicted octanol–water partition coefficient (Wildman–Crippen LogP) is 1.21. The molecule has 1 N–H and O–H groups in total. The Kier molecular flexibility index (Phi) is 2.36. The smallest absolute Gasteiger partial charge is 0.155 e. The van der Waals surface area contributed by atoms with Gasteiger partial charge in [-0.1, -0.05) is 6.07 Å².